The maximum atomic E-state index is 11.7. The molecule has 0 bridgehead atoms. The molecule has 1 rings (SSSR count). The number of nitrogen functional groups attached to an aromatic ring is 1. The van der Waals surface area contributed by atoms with Crippen LogP contribution in [0.2, 0.25) is 0 Å². The van der Waals surface area contributed by atoms with E-state index in [1.54, 1.807) is 25.1 Å². The number of nitrogens with two attached hydrogens (primary N) is 1. The van der Waals surface area contributed by atoms with Gasteiger partial charge in [0, 0.05) is 6.07 Å². The summed E-state index contributed by atoms with van der Waals surface area (Å²) in [5.74, 6) is 0.611. The molecule has 1 amide bonds. The van der Waals surface area contributed by atoms with E-state index < -0.39 is 12.3 Å². The third-order valence-corrected chi connectivity index (χ3v) is 2.60. The van der Waals surface area contributed by atoms with Crippen molar-refractivity contribution in [2.45, 2.75) is 26.5 Å². The molecule has 1 aromatic carbocycles. The van der Waals surface area contributed by atoms with Gasteiger partial charge in [-0.15, -0.1) is 0 Å². The van der Waals surface area contributed by atoms with E-state index in [4.69, 9.17) is 10.5 Å². The number of nitrogens with zero attached hydrogens (tertiary/aromatic N) is 1. The number of rotatable bonds is 5. The number of hydrogen-bond acceptors (Lipinski definition) is 5. The van der Waals surface area contributed by atoms with Crippen LogP contribution in [0.5, 0.6) is 5.75 Å². The van der Waals surface area contributed by atoms with Crippen LogP contribution in [0.4, 0.5) is 16.2 Å². The first-order valence-electron chi connectivity index (χ1n) is 6.12. The minimum Gasteiger partial charge on any atom is -0.494 e. The average molecular weight is 268 g/mol. The average Bonchev–Trinajstić information content (AvgIpc) is 2.41. The highest BCUT2D eigenvalue weighted by Gasteiger charge is 2.25. The second kappa shape index (κ2) is 6.84. The quantitative estimate of drug-likeness (QED) is 0.630. The van der Waals surface area contributed by atoms with Gasteiger partial charge >= 0.3 is 6.09 Å². The van der Waals surface area contributed by atoms with Gasteiger partial charge in [0.1, 0.15) is 12.0 Å². The third kappa shape index (κ3) is 3.51. The van der Waals surface area contributed by atoms with E-state index in [-0.39, 0.29) is 0 Å². The molecule has 0 aliphatic rings. The smallest absolute Gasteiger partial charge is 0.416 e. The Labute approximate surface area is 112 Å². The van der Waals surface area contributed by atoms with Crippen molar-refractivity contribution in [3.8, 4) is 5.75 Å². The van der Waals surface area contributed by atoms with Crippen molar-refractivity contribution in [3.05, 3.63) is 18.2 Å². The summed E-state index contributed by atoms with van der Waals surface area (Å²) in [4.78, 5) is 12.8. The molecule has 6 heteroatoms. The number of methoxy groups -OCH3 is 1. The van der Waals surface area contributed by atoms with E-state index in [9.17, 15) is 9.90 Å². The van der Waals surface area contributed by atoms with Crippen LogP contribution in [-0.4, -0.2) is 31.1 Å². The van der Waals surface area contributed by atoms with E-state index in [1.165, 1.54) is 7.11 Å². The highest BCUT2D eigenvalue weighted by Crippen LogP contribution is 2.29. The zero-order valence-electron chi connectivity index (χ0n) is 11.4. The van der Waals surface area contributed by atoms with Gasteiger partial charge < -0.3 is 20.3 Å². The van der Waals surface area contributed by atoms with E-state index in [1.807, 2.05) is 6.92 Å². The molecule has 0 fully saturated rings. The van der Waals surface area contributed by atoms with Gasteiger partial charge in [0.2, 0.25) is 0 Å². The highest BCUT2D eigenvalue weighted by atomic mass is 16.5. The molecule has 0 spiro atoms. The molecule has 0 saturated carbocycles. The van der Waals surface area contributed by atoms with Crippen molar-refractivity contribution in [3.63, 3.8) is 0 Å². The van der Waals surface area contributed by atoms with Crippen LogP contribution in [-0.2, 0) is 4.74 Å². The van der Waals surface area contributed by atoms with E-state index in [0.29, 0.717) is 30.2 Å². The number of aliphatic hydroxyl groups excluding tert-OH is 1. The van der Waals surface area contributed by atoms with Crippen molar-refractivity contribution >= 4 is 17.5 Å². The second-order valence-corrected chi connectivity index (χ2v) is 3.88. The van der Waals surface area contributed by atoms with E-state index in [2.05, 4.69) is 4.74 Å². The lowest BCUT2D eigenvalue weighted by molar-refractivity contribution is 0.133. The second-order valence-electron chi connectivity index (χ2n) is 3.88. The predicted octanol–water partition coefficient (Wildman–Crippen LogP) is 1.97. The van der Waals surface area contributed by atoms with Crippen LogP contribution in [0, 0.1) is 0 Å². The van der Waals surface area contributed by atoms with E-state index in [0.717, 1.165) is 4.90 Å². The van der Waals surface area contributed by atoms with Gasteiger partial charge in [-0.25, -0.2) is 9.69 Å². The maximum Gasteiger partial charge on any atom is 0.416 e. The first kappa shape index (κ1) is 15.1. The summed E-state index contributed by atoms with van der Waals surface area (Å²) < 4.78 is 9.98. The van der Waals surface area contributed by atoms with Crippen molar-refractivity contribution in [1.82, 2.24) is 0 Å². The predicted molar refractivity (Wildman–Crippen MR) is 73.2 cm³/mol. The number of benzene rings is 1. The molecule has 0 heterocycles. The zero-order valence-corrected chi connectivity index (χ0v) is 11.4. The molecule has 1 unspecified atom stereocenters. The largest absolute Gasteiger partial charge is 0.494 e. The summed E-state index contributed by atoms with van der Waals surface area (Å²) >= 11 is 0. The number of carbonyl (C=O) groups excluding carboxylic acids is 1. The van der Waals surface area contributed by atoms with Crippen LogP contribution in [0.25, 0.3) is 0 Å². The molecule has 0 aliphatic carbocycles. The highest BCUT2D eigenvalue weighted by molar-refractivity contribution is 5.92. The van der Waals surface area contributed by atoms with Gasteiger partial charge in [0.05, 0.1) is 25.1 Å². The summed E-state index contributed by atoms with van der Waals surface area (Å²) in [5.41, 5.74) is 6.63. The summed E-state index contributed by atoms with van der Waals surface area (Å²) in [6.45, 7) is 4.15. The molecular weight excluding hydrogens is 248 g/mol. The molecule has 0 aliphatic heterocycles. The molecule has 1 aromatic rings. The number of aliphatic hydroxyl groups is 1. The lowest BCUT2D eigenvalue weighted by atomic mass is 10.2. The fourth-order valence-electron chi connectivity index (χ4n) is 1.67. The minimum atomic E-state index is -0.993. The van der Waals surface area contributed by atoms with Gasteiger partial charge in [-0.2, -0.15) is 0 Å². The van der Waals surface area contributed by atoms with Crippen LogP contribution in [0.3, 0.4) is 0 Å². The number of hydrogen-bond donors (Lipinski definition) is 2. The molecule has 3 N–H and O–H groups in total. The van der Waals surface area contributed by atoms with E-state index >= 15 is 0 Å². The molecule has 19 heavy (non-hydrogen) atoms. The van der Waals surface area contributed by atoms with Crippen molar-refractivity contribution in [1.29, 1.82) is 0 Å². The topological polar surface area (TPSA) is 85.0 Å². The molecule has 106 valence electrons. The number of carbonyl (C=O) groups is 1. The molecule has 1 atom stereocenters. The van der Waals surface area contributed by atoms with Crippen molar-refractivity contribution in [2.24, 2.45) is 0 Å². The van der Waals surface area contributed by atoms with Gasteiger partial charge in [0.15, 0.2) is 0 Å². The van der Waals surface area contributed by atoms with Gasteiger partial charge in [0.25, 0.3) is 0 Å². The molecule has 0 saturated heterocycles. The summed E-state index contributed by atoms with van der Waals surface area (Å²) in [6, 6.07) is 4.92. The van der Waals surface area contributed by atoms with Gasteiger partial charge in [-0.05, 0) is 25.5 Å². The summed E-state index contributed by atoms with van der Waals surface area (Å²) in [5, 5.41) is 9.91. The van der Waals surface area contributed by atoms with Crippen LogP contribution >= 0.6 is 0 Å². The molecule has 0 aromatic heterocycles. The van der Waals surface area contributed by atoms with Gasteiger partial charge in [-0.3, -0.25) is 0 Å². The minimum absolute atomic E-state index is 0.337. The van der Waals surface area contributed by atoms with Crippen molar-refractivity contribution in [2.75, 3.05) is 24.4 Å². The Morgan fingerprint density at radius 1 is 1.47 bits per heavy atom. The summed E-state index contributed by atoms with van der Waals surface area (Å²) in [7, 11) is 1.25. The monoisotopic (exact) mass is 268 g/mol. The first-order valence-corrected chi connectivity index (χ1v) is 6.12. The van der Waals surface area contributed by atoms with Crippen LogP contribution in [0.15, 0.2) is 18.2 Å². The first-order chi connectivity index (χ1) is 9.04. The Bertz CT molecular complexity index is 437. The Kier molecular flexibility index (Phi) is 5.44. The zero-order chi connectivity index (χ0) is 14.4. The normalized spacial score (nSPS) is 11.8. The fourth-order valence-corrected chi connectivity index (χ4v) is 1.67. The van der Waals surface area contributed by atoms with Crippen LogP contribution in [0.1, 0.15) is 20.3 Å². The third-order valence-electron chi connectivity index (χ3n) is 2.60. The lowest BCUT2D eigenvalue weighted by Gasteiger charge is -2.27. The summed E-state index contributed by atoms with van der Waals surface area (Å²) in [6.07, 6.45) is -1.29. The Morgan fingerprint density at radius 3 is 2.63 bits per heavy atom. The molecule has 6 nitrogen and oxygen atoms in total. The molecular formula is C13H20N2O4. The fraction of sp³-hybridized carbons (Fsp3) is 0.462. The maximum absolute atomic E-state index is 11.7. The Balaban J connectivity index is 3.12. The lowest BCUT2D eigenvalue weighted by Crippen LogP contribution is -2.40. The van der Waals surface area contributed by atoms with Crippen molar-refractivity contribution < 1.29 is 19.4 Å². The van der Waals surface area contributed by atoms with Gasteiger partial charge in [-0.1, -0.05) is 6.92 Å². The Hall–Kier alpha value is -1.95. The molecule has 0 radical (unpaired) electrons. The number of ether oxygens (including phenoxy) is 2. The van der Waals surface area contributed by atoms with Crippen LogP contribution < -0.4 is 15.4 Å². The Morgan fingerprint density at radius 2 is 2.16 bits per heavy atom. The number of amides is 1. The number of anilines is 2. The SMILES string of the molecule is CCOc1ccc(N(C(=O)OC)C(O)CC)c(N)c1. The standard InChI is InChI=1S/C13H20N2O4/c1-4-12(16)15(13(17)18-3)11-7-6-9(19-5-2)8-10(11)14/h6-8,12,16H,4-5,14H2,1-3H3.